The summed E-state index contributed by atoms with van der Waals surface area (Å²) in [4.78, 5) is 16.3. The van der Waals surface area contributed by atoms with Gasteiger partial charge in [0.25, 0.3) is 0 Å². The van der Waals surface area contributed by atoms with E-state index >= 15 is 0 Å². The molecule has 3 rings (SSSR count). The molecule has 2 aromatic heterocycles. The van der Waals surface area contributed by atoms with Crippen molar-refractivity contribution in [1.82, 2.24) is 14.6 Å². The number of nitrogens with zero attached hydrogens (tertiary/aromatic N) is 2. The Morgan fingerprint density at radius 1 is 1.33 bits per heavy atom. The molecule has 1 fully saturated rings. The Labute approximate surface area is 163 Å². The van der Waals surface area contributed by atoms with Gasteiger partial charge in [0.15, 0.2) is 0 Å². The summed E-state index contributed by atoms with van der Waals surface area (Å²) < 4.78 is 32.4. The Hall–Kier alpha value is -1.90. The van der Waals surface area contributed by atoms with Crippen molar-refractivity contribution in [1.29, 1.82) is 0 Å². The van der Waals surface area contributed by atoms with Crippen LogP contribution in [0.1, 0.15) is 37.3 Å². The first-order valence-electron chi connectivity index (χ1n) is 8.76. The van der Waals surface area contributed by atoms with Gasteiger partial charge in [0.2, 0.25) is 15.9 Å². The van der Waals surface area contributed by atoms with Crippen LogP contribution in [0.5, 0.6) is 0 Å². The Morgan fingerprint density at radius 2 is 2.04 bits per heavy atom. The molecule has 9 heteroatoms. The van der Waals surface area contributed by atoms with E-state index in [1.54, 1.807) is 0 Å². The van der Waals surface area contributed by atoms with Crippen LogP contribution >= 0.6 is 11.6 Å². The number of rotatable bonds is 5. The number of aromatic nitrogens is 1. The van der Waals surface area contributed by atoms with Gasteiger partial charge in [-0.25, -0.2) is 13.4 Å². The quantitative estimate of drug-likeness (QED) is 0.763. The van der Waals surface area contributed by atoms with Gasteiger partial charge in [-0.05, 0) is 51.0 Å². The average Bonchev–Trinajstić information content (AvgIpc) is 3.08. The van der Waals surface area contributed by atoms with Crippen LogP contribution in [-0.2, 0) is 14.8 Å². The van der Waals surface area contributed by atoms with Crippen molar-refractivity contribution in [2.24, 2.45) is 5.92 Å². The molecule has 0 radical (unpaired) electrons. The predicted molar refractivity (Wildman–Crippen MR) is 101 cm³/mol. The van der Waals surface area contributed by atoms with Gasteiger partial charge in [0, 0.05) is 25.2 Å². The number of furan rings is 1. The molecule has 2 aromatic rings. The number of amides is 1. The number of sulfonamides is 1. The predicted octanol–water partition coefficient (Wildman–Crippen LogP) is 2.91. The number of aryl methyl sites for hydroxylation is 1. The minimum absolute atomic E-state index is 0.00335. The standard InChI is InChI=1S/C18H22ClN3O4S/c1-12-5-6-15(26-12)13(2)21-18(23)14-7-10-22(11-8-14)27(24,25)16-4-3-9-20-17(16)19/h3-6,9,13-14H,7-8,10-11H2,1-2H3,(H,21,23). The highest BCUT2D eigenvalue weighted by Gasteiger charge is 2.33. The van der Waals surface area contributed by atoms with Crippen molar-refractivity contribution < 1.29 is 17.6 Å². The minimum atomic E-state index is -3.71. The van der Waals surface area contributed by atoms with E-state index in [9.17, 15) is 13.2 Å². The fraction of sp³-hybridized carbons (Fsp3) is 0.444. The molecule has 27 heavy (non-hydrogen) atoms. The summed E-state index contributed by atoms with van der Waals surface area (Å²) in [7, 11) is -3.71. The molecule has 3 heterocycles. The third kappa shape index (κ3) is 4.34. The molecule has 1 unspecified atom stereocenters. The van der Waals surface area contributed by atoms with Crippen molar-refractivity contribution in [2.45, 2.75) is 37.6 Å². The van der Waals surface area contributed by atoms with Crippen LogP contribution in [0.25, 0.3) is 0 Å². The molecule has 0 bridgehead atoms. The maximum absolute atomic E-state index is 12.7. The number of piperidine rings is 1. The van der Waals surface area contributed by atoms with Gasteiger partial charge < -0.3 is 9.73 Å². The van der Waals surface area contributed by atoms with Crippen LogP contribution in [-0.4, -0.2) is 36.7 Å². The maximum atomic E-state index is 12.7. The largest absolute Gasteiger partial charge is 0.464 e. The lowest BCUT2D eigenvalue weighted by molar-refractivity contribution is -0.126. The van der Waals surface area contributed by atoms with E-state index in [4.69, 9.17) is 16.0 Å². The number of carbonyl (C=O) groups excluding carboxylic acids is 1. The van der Waals surface area contributed by atoms with Crippen molar-refractivity contribution in [2.75, 3.05) is 13.1 Å². The van der Waals surface area contributed by atoms with Gasteiger partial charge in [-0.1, -0.05) is 11.6 Å². The molecular weight excluding hydrogens is 390 g/mol. The third-order valence-corrected chi connectivity index (χ3v) is 7.06. The summed E-state index contributed by atoms with van der Waals surface area (Å²) in [5.41, 5.74) is 0. The molecule has 1 amide bonds. The van der Waals surface area contributed by atoms with Gasteiger partial charge in [-0.3, -0.25) is 4.79 Å². The third-order valence-electron chi connectivity index (χ3n) is 4.71. The van der Waals surface area contributed by atoms with Gasteiger partial charge in [0.1, 0.15) is 21.6 Å². The Kier molecular flexibility index (Phi) is 5.88. The van der Waals surface area contributed by atoms with Crippen molar-refractivity contribution in [3.05, 3.63) is 47.1 Å². The number of hydrogen-bond donors (Lipinski definition) is 1. The average molecular weight is 412 g/mol. The molecule has 1 atom stereocenters. The summed E-state index contributed by atoms with van der Waals surface area (Å²) in [6.45, 7) is 4.24. The second-order valence-electron chi connectivity index (χ2n) is 6.65. The monoisotopic (exact) mass is 411 g/mol. The van der Waals surface area contributed by atoms with E-state index in [0.29, 0.717) is 18.6 Å². The zero-order valence-corrected chi connectivity index (χ0v) is 16.8. The SMILES string of the molecule is Cc1ccc(C(C)NC(=O)C2CCN(S(=O)(=O)c3cccnc3Cl)CC2)o1. The fourth-order valence-corrected chi connectivity index (χ4v) is 5.05. The van der Waals surface area contributed by atoms with Crippen molar-refractivity contribution >= 4 is 27.5 Å². The second kappa shape index (κ2) is 8.00. The highest BCUT2D eigenvalue weighted by molar-refractivity contribution is 7.89. The molecule has 1 N–H and O–H groups in total. The molecule has 7 nitrogen and oxygen atoms in total. The van der Waals surface area contributed by atoms with Crippen LogP contribution in [0.3, 0.4) is 0 Å². The topological polar surface area (TPSA) is 92.5 Å². The lowest BCUT2D eigenvalue weighted by Crippen LogP contribution is -2.43. The van der Waals surface area contributed by atoms with Crippen LogP contribution in [0.2, 0.25) is 5.15 Å². The van der Waals surface area contributed by atoms with Crippen LogP contribution in [0.4, 0.5) is 0 Å². The van der Waals surface area contributed by atoms with E-state index in [1.165, 1.54) is 22.6 Å². The normalized spacial score (nSPS) is 17.6. The minimum Gasteiger partial charge on any atom is -0.464 e. The Bertz CT molecular complexity index is 920. The number of hydrogen-bond acceptors (Lipinski definition) is 5. The lowest BCUT2D eigenvalue weighted by atomic mass is 9.97. The van der Waals surface area contributed by atoms with Crippen LogP contribution < -0.4 is 5.32 Å². The summed E-state index contributed by atoms with van der Waals surface area (Å²) in [5.74, 6) is 1.16. The molecule has 0 spiro atoms. The van der Waals surface area contributed by atoms with Crippen LogP contribution in [0, 0.1) is 12.8 Å². The number of pyridine rings is 1. The van der Waals surface area contributed by atoms with Gasteiger partial charge in [0.05, 0.1) is 6.04 Å². The molecule has 1 aliphatic heterocycles. The van der Waals surface area contributed by atoms with Gasteiger partial charge >= 0.3 is 0 Å². The molecule has 1 saturated heterocycles. The number of halogens is 1. The number of carbonyl (C=O) groups is 1. The second-order valence-corrected chi connectivity index (χ2v) is 8.91. The molecular formula is C18H22ClN3O4S. The van der Waals surface area contributed by atoms with Crippen molar-refractivity contribution in [3.63, 3.8) is 0 Å². The molecule has 1 aliphatic rings. The smallest absolute Gasteiger partial charge is 0.246 e. The fourth-order valence-electron chi connectivity index (χ4n) is 3.15. The van der Waals surface area contributed by atoms with Gasteiger partial charge in [-0.15, -0.1) is 0 Å². The molecule has 0 aliphatic carbocycles. The van der Waals surface area contributed by atoms with Gasteiger partial charge in [-0.2, -0.15) is 4.31 Å². The summed E-state index contributed by atoms with van der Waals surface area (Å²) >= 11 is 5.93. The van der Waals surface area contributed by atoms with E-state index < -0.39 is 10.0 Å². The highest BCUT2D eigenvalue weighted by Crippen LogP contribution is 2.27. The zero-order chi connectivity index (χ0) is 19.6. The summed E-state index contributed by atoms with van der Waals surface area (Å²) in [6.07, 6.45) is 2.35. The summed E-state index contributed by atoms with van der Waals surface area (Å²) in [6, 6.07) is 6.44. The van der Waals surface area contributed by atoms with Crippen LogP contribution in [0.15, 0.2) is 39.8 Å². The first kappa shape index (κ1) is 19.9. The first-order valence-corrected chi connectivity index (χ1v) is 10.6. The highest BCUT2D eigenvalue weighted by atomic mass is 35.5. The maximum Gasteiger partial charge on any atom is 0.246 e. The lowest BCUT2D eigenvalue weighted by Gasteiger charge is -2.31. The Balaban J connectivity index is 1.60. The first-order chi connectivity index (χ1) is 12.8. The van der Waals surface area contributed by atoms with Crippen molar-refractivity contribution in [3.8, 4) is 0 Å². The zero-order valence-electron chi connectivity index (χ0n) is 15.2. The van der Waals surface area contributed by atoms with E-state index in [1.807, 2.05) is 26.0 Å². The Morgan fingerprint density at radius 3 is 2.63 bits per heavy atom. The van der Waals surface area contributed by atoms with E-state index in [0.717, 1.165) is 5.76 Å². The molecule has 146 valence electrons. The summed E-state index contributed by atoms with van der Waals surface area (Å²) in [5, 5.41) is 2.90. The molecule has 0 saturated carbocycles. The molecule has 0 aromatic carbocycles. The number of nitrogens with one attached hydrogen (secondary N) is 1. The van der Waals surface area contributed by atoms with E-state index in [2.05, 4.69) is 10.3 Å². The van der Waals surface area contributed by atoms with E-state index in [-0.39, 0.29) is 41.0 Å².